The second-order valence-corrected chi connectivity index (χ2v) is 15.4. The maximum Gasteiger partial charge on any atom is 0.242 e. The second-order valence-electron chi connectivity index (χ2n) is 15.4. The van der Waals surface area contributed by atoms with Crippen LogP contribution in [0.4, 0.5) is 0 Å². The maximum atomic E-state index is 14.5. The van der Waals surface area contributed by atoms with Crippen LogP contribution in [0.5, 0.6) is 0 Å². The third-order valence-corrected chi connectivity index (χ3v) is 9.77. The molecule has 0 aromatic heterocycles. The molecule has 0 spiro atoms. The van der Waals surface area contributed by atoms with E-state index < -0.39 is 17.7 Å². The highest BCUT2D eigenvalue weighted by atomic mass is 16.2. The molecule has 5 amide bonds. The standard InChI is InChI=1S/C44H60N6O5/c1-8-9-12-46-26-42(53)50(25-39-21-35(6)16-36(7)22-39)30-44(55)49(24-38-19-33(4)15-34(5)20-38)29-41(52)47(13-10-11-45)27-43(54)48(28-40(46)51)23-37-17-31(2)14-32(3)18-37/h14-22H,8-13,23-30,45H2,1-7H3. The molecule has 0 atom stereocenters. The van der Waals surface area contributed by atoms with Gasteiger partial charge in [0, 0.05) is 32.7 Å². The summed E-state index contributed by atoms with van der Waals surface area (Å²) in [4.78, 5) is 79.0. The van der Waals surface area contributed by atoms with Gasteiger partial charge < -0.3 is 30.2 Å². The highest BCUT2D eigenvalue weighted by Gasteiger charge is 2.31. The van der Waals surface area contributed by atoms with E-state index >= 15 is 0 Å². The van der Waals surface area contributed by atoms with Crippen LogP contribution in [0.15, 0.2) is 54.6 Å². The number of amides is 5. The summed E-state index contributed by atoms with van der Waals surface area (Å²) >= 11 is 0. The number of rotatable bonds is 12. The third-order valence-electron chi connectivity index (χ3n) is 9.77. The summed E-state index contributed by atoms with van der Waals surface area (Å²) in [5, 5.41) is 0. The zero-order valence-electron chi connectivity index (χ0n) is 34.0. The fourth-order valence-electron chi connectivity index (χ4n) is 7.37. The molecule has 0 radical (unpaired) electrons. The van der Waals surface area contributed by atoms with Crippen LogP contribution in [0.3, 0.4) is 0 Å². The number of hydrogen-bond donors (Lipinski definition) is 1. The zero-order valence-corrected chi connectivity index (χ0v) is 34.0. The first-order chi connectivity index (χ1) is 26.1. The van der Waals surface area contributed by atoms with Gasteiger partial charge in [-0.3, -0.25) is 24.0 Å². The van der Waals surface area contributed by atoms with Crippen molar-refractivity contribution < 1.29 is 24.0 Å². The van der Waals surface area contributed by atoms with Gasteiger partial charge in [0.1, 0.15) is 19.6 Å². The van der Waals surface area contributed by atoms with Crippen molar-refractivity contribution >= 4 is 29.5 Å². The molecular formula is C44H60N6O5. The summed E-state index contributed by atoms with van der Waals surface area (Å²) in [5.41, 5.74) is 14.6. The monoisotopic (exact) mass is 752 g/mol. The van der Waals surface area contributed by atoms with Crippen LogP contribution in [0.2, 0.25) is 0 Å². The van der Waals surface area contributed by atoms with Crippen molar-refractivity contribution in [1.29, 1.82) is 0 Å². The van der Waals surface area contributed by atoms with Crippen LogP contribution in [0.25, 0.3) is 0 Å². The van der Waals surface area contributed by atoms with Gasteiger partial charge in [-0.1, -0.05) is 101 Å². The summed E-state index contributed by atoms with van der Waals surface area (Å²) in [6.07, 6.45) is 1.90. The van der Waals surface area contributed by atoms with Gasteiger partial charge in [-0.25, -0.2) is 0 Å². The summed E-state index contributed by atoms with van der Waals surface area (Å²) in [7, 11) is 0. The van der Waals surface area contributed by atoms with E-state index in [-0.39, 0.29) is 70.7 Å². The Bertz CT molecular complexity index is 1740. The highest BCUT2D eigenvalue weighted by Crippen LogP contribution is 2.18. The van der Waals surface area contributed by atoms with E-state index in [2.05, 4.69) is 0 Å². The minimum Gasteiger partial charge on any atom is -0.332 e. The Labute approximate surface area is 327 Å². The first kappa shape index (κ1) is 42.7. The van der Waals surface area contributed by atoms with Gasteiger partial charge in [0.05, 0.1) is 13.1 Å². The normalized spacial score (nSPS) is 15.6. The molecule has 1 fully saturated rings. The molecule has 0 unspecified atom stereocenters. The minimum absolute atomic E-state index is 0.136. The van der Waals surface area contributed by atoms with E-state index in [1.54, 1.807) is 0 Å². The smallest absolute Gasteiger partial charge is 0.242 e. The Balaban J connectivity index is 1.82. The van der Waals surface area contributed by atoms with E-state index in [1.807, 2.05) is 103 Å². The van der Waals surface area contributed by atoms with Crippen LogP contribution in [-0.2, 0) is 43.6 Å². The molecule has 2 N–H and O–H groups in total. The molecule has 0 saturated carbocycles. The molecule has 55 heavy (non-hydrogen) atoms. The molecule has 0 aliphatic carbocycles. The Morgan fingerprint density at radius 1 is 0.418 bits per heavy atom. The minimum atomic E-state index is -0.413. The maximum absolute atomic E-state index is 14.5. The number of aryl methyl sites for hydroxylation is 6. The van der Waals surface area contributed by atoms with Gasteiger partial charge in [0.2, 0.25) is 29.5 Å². The van der Waals surface area contributed by atoms with Crippen molar-refractivity contribution in [3.63, 3.8) is 0 Å². The lowest BCUT2D eigenvalue weighted by atomic mass is 10.1. The molecule has 0 bridgehead atoms. The lowest BCUT2D eigenvalue weighted by Crippen LogP contribution is -2.49. The number of benzene rings is 3. The topological polar surface area (TPSA) is 128 Å². The first-order valence-corrected chi connectivity index (χ1v) is 19.4. The lowest BCUT2D eigenvalue weighted by molar-refractivity contribution is -0.146. The van der Waals surface area contributed by atoms with E-state index in [0.29, 0.717) is 25.9 Å². The quantitative estimate of drug-likeness (QED) is 0.285. The molecule has 296 valence electrons. The van der Waals surface area contributed by atoms with Crippen LogP contribution < -0.4 is 5.73 Å². The van der Waals surface area contributed by atoms with Crippen molar-refractivity contribution in [3.8, 4) is 0 Å². The number of unbranched alkanes of at least 4 members (excludes halogenated alkanes) is 1. The molecule has 1 heterocycles. The first-order valence-electron chi connectivity index (χ1n) is 19.4. The predicted octanol–water partition coefficient (Wildman–Crippen LogP) is 4.74. The van der Waals surface area contributed by atoms with Crippen molar-refractivity contribution in [2.24, 2.45) is 5.73 Å². The summed E-state index contributed by atoms with van der Waals surface area (Å²) in [6, 6.07) is 18.0. The largest absolute Gasteiger partial charge is 0.332 e. The Morgan fingerprint density at radius 3 is 0.945 bits per heavy atom. The van der Waals surface area contributed by atoms with E-state index in [1.165, 1.54) is 24.5 Å². The van der Waals surface area contributed by atoms with Crippen LogP contribution >= 0.6 is 0 Å². The molecule has 1 aliphatic rings. The number of hydrogen-bond acceptors (Lipinski definition) is 6. The van der Waals surface area contributed by atoms with Crippen molar-refractivity contribution in [2.45, 2.75) is 87.4 Å². The molecule has 1 aliphatic heterocycles. The Hall–Kier alpha value is -5.03. The van der Waals surface area contributed by atoms with Crippen molar-refractivity contribution in [2.75, 3.05) is 52.4 Å². The Kier molecular flexibility index (Phi) is 15.6. The zero-order chi connectivity index (χ0) is 40.2. The molecular weight excluding hydrogens is 693 g/mol. The van der Waals surface area contributed by atoms with Gasteiger partial charge >= 0.3 is 0 Å². The molecule has 3 aromatic carbocycles. The predicted molar refractivity (Wildman–Crippen MR) is 216 cm³/mol. The fraction of sp³-hybridized carbons (Fsp3) is 0.477. The number of carbonyl (C=O) groups excluding carboxylic acids is 5. The molecule has 4 rings (SSSR count). The average Bonchev–Trinajstić information content (AvgIpc) is 3.09. The lowest BCUT2D eigenvalue weighted by Gasteiger charge is -2.31. The van der Waals surface area contributed by atoms with Crippen LogP contribution in [-0.4, -0.2) is 106 Å². The summed E-state index contributed by atoms with van der Waals surface area (Å²) in [6.45, 7) is 13.8. The number of nitrogens with two attached hydrogens (primary N) is 1. The van der Waals surface area contributed by atoms with Crippen molar-refractivity contribution in [1.82, 2.24) is 24.5 Å². The molecule has 3 aromatic rings. The van der Waals surface area contributed by atoms with Crippen molar-refractivity contribution in [3.05, 3.63) is 105 Å². The van der Waals surface area contributed by atoms with E-state index in [0.717, 1.165) is 56.5 Å². The third kappa shape index (κ3) is 13.1. The van der Waals surface area contributed by atoms with Gasteiger partial charge in [0.25, 0.3) is 0 Å². The van der Waals surface area contributed by atoms with Gasteiger partial charge in [-0.05, 0) is 77.6 Å². The van der Waals surface area contributed by atoms with Gasteiger partial charge in [-0.15, -0.1) is 0 Å². The van der Waals surface area contributed by atoms with Gasteiger partial charge in [0.15, 0.2) is 0 Å². The highest BCUT2D eigenvalue weighted by molar-refractivity contribution is 5.93. The summed E-state index contributed by atoms with van der Waals surface area (Å²) < 4.78 is 0. The SMILES string of the molecule is CCCCN1CC(=O)N(Cc2cc(C)cc(C)c2)CC(=O)N(Cc2cc(C)cc(C)c2)CC(=O)N(CCCN)CC(=O)N(Cc2cc(C)cc(C)c2)CC1=O. The number of nitrogens with zero attached hydrogens (tertiary/aromatic N) is 5. The second kappa shape index (κ2) is 20.0. The van der Waals surface area contributed by atoms with Gasteiger partial charge in [-0.2, -0.15) is 0 Å². The molecule has 11 nitrogen and oxygen atoms in total. The van der Waals surface area contributed by atoms with Crippen LogP contribution in [0.1, 0.15) is 76.3 Å². The average molecular weight is 753 g/mol. The van der Waals surface area contributed by atoms with Crippen LogP contribution in [0, 0.1) is 41.5 Å². The molecule has 1 saturated heterocycles. The number of carbonyl (C=O) groups is 5. The fourth-order valence-corrected chi connectivity index (χ4v) is 7.37. The van der Waals surface area contributed by atoms with E-state index in [4.69, 9.17) is 5.73 Å². The molecule has 11 heteroatoms. The Morgan fingerprint density at radius 2 is 0.673 bits per heavy atom. The van der Waals surface area contributed by atoms with E-state index in [9.17, 15) is 24.0 Å². The summed E-state index contributed by atoms with van der Waals surface area (Å²) in [5.74, 6) is -1.99.